The van der Waals surface area contributed by atoms with Gasteiger partial charge in [0.05, 0.1) is 19.2 Å². The number of nitrogens with one attached hydrogen (secondary N) is 1. The Labute approximate surface area is 172 Å². The van der Waals surface area contributed by atoms with Crippen LogP contribution in [0.5, 0.6) is 11.5 Å². The number of hydrogen-bond donors (Lipinski definition) is 1. The number of nitrogens with zero attached hydrogens (tertiary/aromatic N) is 2. The summed E-state index contributed by atoms with van der Waals surface area (Å²) in [5, 5.41) is 4.80. The Kier molecular flexibility index (Phi) is 6.15. The predicted octanol–water partition coefficient (Wildman–Crippen LogP) is 4.72. The molecule has 0 bridgehead atoms. The number of ether oxygens (including phenoxy) is 2. The van der Waals surface area contributed by atoms with Crippen LogP contribution in [0.4, 0.5) is 5.82 Å². The van der Waals surface area contributed by atoms with Crippen LogP contribution >= 0.6 is 0 Å². The van der Waals surface area contributed by atoms with Gasteiger partial charge < -0.3 is 14.8 Å². The Morgan fingerprint density at radius 3 is 2.66 bits per heavy atom. The van der Waals surface area contributed by atoms with E-state index in [9.17, 15) is 0 Å². The van der Waals surface area contributed by atoms with Crippen LogP contribution in [-0.4, -0.2) is 42.7 Å². The SMILES string of the molecule is CCOc1cc(CN2CCC(Nc3ccc4ccccc4n3)CC2)ccc1OC. The number of benzene rings is 2. The predicted molar refractivity (Wildman–Crippen MR) is 118 cm³/mol. The van der Waals surface area contributed by atoms with E-state index in [0.717, 1.165) is 55.3 Å². The number of anilines is 1. The summed E-state index contributed by atoms with van der Waals surface area (Å²) in [7, 11) is 1.68. The maximum Gasteiger partial charge on any atom is 0.161 e. The van der Waals surface area contributed by atoms with E-state index in [1.165, 1.54) is 10.9 Å². The lowest BCUT2D eigenvalue weighted by molar-refractivity contribution is 0.210. The van der Waals surface area contributed by atoms with Crippen molar-refractivity contribution < 1.29 is 9.47 Å². The molecule has 0 saturated carbocycles. The number of para-hydroxylation sites is 1. The molecule has 3 aromatic rings. The Morgan fingerprint density at radius 1 is 1.03 bits per heavy atom. The lowest BCUT2D eigenvalue weighted by atomic mass is 10.0. The zero-order valence-corrected chi connectivity index (χ0v) is 17.2. The van der Waals surface area contributed by atoms with Crippen molar-refractivity contribution in [3.8, 4) is 11.5 Å². The minimum atomic E-state index is 0.467. The summed E-state index contributed by atoms with van der Waals surface area (Å²) in [6.45, 7) is 5.71. The maximum absolute atomic E-state index is 5.71. The van der Waals surface area contributed by atoms with Crippen molar-refractivity contribution >= 4 is 16.7 Å². The monoisotopic (exact) mass is 391 g/mol. The molecule has 1 saturated heterocycles. The van der Waals surface area contributed by atoms with Gasteiger partial charge >= 0.3 is 0 Å². The molecule has 0 amide bonds. The van der Waals surface area contributed by atoms with E-state index < -0.39 is 0 Å². The van der Waals surface area contributed by atoms with Gasteiger partial charge in [0.25, 0.3) is 0 Å². The van der Waals surface area contributed by atoms with E-state index in [-0.39, 0.29) is 0 Å². The molecule has 0 atom stereocenters. The number of pyridine rings is 1. The Balaban J connectivity index is 1.32. The number of aromatic nitrogens is 1. The van der Waals surface area contributed by atoms with E-state index in [2.05, 4.69) is 46.6 Å². The fourth-order valence-electron chi connectivity index (χ4n) is 3.94. The molecule has 1 fully saturated rings. The lowest BCUT2D eigenvalue weighted by Gasteiger charge is -2.32. The quantitative estimate of drug-likeness (QED) is 0.631. The molecule has 0 spiro atoms. The molecule has 152 valence electrons. The van der Waals surface area contributed by atoms with Gasteiger partial charge in [-0.05, 0) is 55.7 Å². The molecule has 1 aromatic heterocycles. The molecule has 0 unspecified atom stereocenters. The first-order chi connectivity index (χ1) is 14.2. The highest BCUT2D eigenvalue weighted by Gasteiger charge is 2.20. The number of piperidine rings is 1. The van der Waals surface area contributed by atoms with Gasteiger partial charge in [0.15, 0.2) is 11.5 Å². The average molecular weight is 392 g/mol. The van der Waals surface area contributed by atoms with Crippen molar-refractivity contribution in [1.82, 2.24) is 9.88 Å². The fourth-order valence-corrected chi connectivity index (χ4v) is 3.94. The molecule has 4 rings (SSSR count). The molecule has 2 aromatic carbocycles. The second-order valence-corrected chi connectivity index (χ2v) is 7.50. The van der Waals surface area contributed by atoms with Crippen LogP contribution in [0, 0.1) is 0 Å². The van der Waals surface area contributed by atoms with Crippen molar-refractivity contribution in [3.05, 3.63) is 60.2 Å². The minimum Gasteiger partial charge on any atom is -0.493 e. The minimum absolute atomic E-state index is 0.467. The zero-order chi connectivity index (χ0) is 20.1. The first kappa shape index (κ1) is 19.5. The van der Waals surface area contributed by atoms with Crippen LogP contribution in [0.3, 0.4) is 0 Å². The summed E-state index contributed by atoms with van der Waals surface area (Å²) in [5.74, 6) is 2.59. The highest BCUT2D eigenvalue weighted by molar-refractivity contribution is 5.80. The summed E-state index contributed by atoms with van der Waals surface area (Å²) in [6, 6.07) is 19.2. The summed E-state index contributed by atoms with van der Waals surface area (Å²) in [6.07, 6.45) is 2.23. The van der Waals surface area contributed by atoms with Crippen molar-refractivity contribution in [2.45, 2.75) is 32.4 Å². The maximum atomic E-state index is 5.71. The summed E-state index contributed by atoms with van der Waals surface area (Å²) >= 11 is 0. The number of fused-ring (bicyclic) bond motifs is 1. The number of methoxy groups -OCH3 is 1. The van der Waals surface area contributed by atoms with E-state index >= 15 is 0 Å². The van der Waals surface area contributed by atoms with Gasteiger partial charge in [0, 0.05) is 31.1 Å². The highest BCUT2D eigenvalue weighted by Crippen LogP contribution is 2.29. The van der Waals surface area contributed by atoms with Crippen LogP contribution in [0.25, 0.3) is 10.9 Å². The van der Waals surface area contributed by atoms with Gasteiger partial charge in [-0.1, -0.05) is 24.3 Å². The van der Waals surface area contributed by atoms with Crippen molar-refractivity contribution in [3.63, 3.8) is 0 Å². The van der Waals surface area contributed by atoms with Crippen LogP contribution in [0.2, 0.25) is 0 Å². The highest BCUT2D eigenvalue weighted by atomic mass is 16.5. The Morgan fingerprint density at radius 2 is 1.86 bits per heavy atom. The second kappa shape index (κ2) is 9.14. The van der Waals surface area contributed by atoms with Crippen molar-refractivity contribution in [1.29, 1.82) is 0 Å². The van der Waals surface area contributed by atoms with Crippen LogP contribution < -0.4 is 14.8 Å². The molecule has 29 heavy (non-hydrogen) atoms. The second-order valence-electron chi connectivity index (χ2n) is 7.50. The van der Waals surface area contributed by atoms with Crippen LogP contribution in [-0.2, 0) is 6.54 Å². The zero-order valence-electron chi connectivity index (χ0n) is 17.2. The van der Waals surface area contributed by atoms with Crippen LogP contribution in [0.15, 0.2) is 54.6 Å². The smallest absolute Gasteiger partial charge is 0.161 e. The van der Waals surface area contributed by atoms with Crippen molar-refractivity contribution in [2.75, 3.05) is 32.1 Å². The molecule has 1 N–H and O–H groups in total. The third kappa shape index (κ3) is 4.80. The number of rotatable bonds is 7. The van der Waals surface area contributed by atoms with E-state index in [1.807, 2.05) is 25.1 Å². The van der Waals surface area contributed by atoms with Gasteiger partial charge in [-0.15, -0.1) is 0 Å². The molecule has 2 heterocycles. The summed E-state index contributed by atoms with van der Waals surface area (Å²) in [5.41, 5.74) is 2.30. The normalized spacial score (nSPS) is 15.4. The molecule has 0 aliphatic carbocycles. The standard InChI is InChI=1S/C24H29N3O2/c1-3-29-23-16-18(8-10-22(23)28-2)17-27-14-12-20(13-15-27)25-24-11-9-19-6-4-5-7-21(19)26-24/h4-11,16,20H,3,12-15,17H2,1-2H3,(H,25,26). The van der Waals surface area contributed by atoms with Gasteiger partial charge in [-0.3, -0.25) is 4.90 Å². The molecule has 5 heteroatoms. The molecule has 1 aliphatic rings. The van der Waals surface area contributed by atoms with E-state index in [4.69, 9.17) is 14.5 Å². The van der Waals surface area contributed by atoms with Gasteiger partial charge in [-0.25, -0.2) is 4.98 Å². The molecule has 1 aliphatic heterocycles. The molecular weight excluding hydrogens is 362 g/mol. The first-order valence-electron chi connectivity index (χ1n) is 10.4. The van der Waals surface area contributed by atoms with Gasteiger partial charge in [-0.2, -0.15) is 0 Å². The first-order valence-corrected chi connectivity index (χ1v) is 10.4. The Hall–Kier alpha value is -2.79. The van der Waals surface area contributed by atoms with E-state index in [1.54, 1.807) is 7.11 Å². The average Bonchev–Trinajstić information content (AvgIpc) is 2.76. The topological polar surface area (TPSA) is 46.6 Å². The summed E-state index contributed by atoms with van der Waals surface area (Å²) < 4.78 is 11.1. The van der Waals surface area contributed by atoms with Crippen molar-refractivity contribution in [2.24, 2.45) is 0 Å². The van der Waals surface area contributed by atoms with Gasteiger partial charge in [0.1, 0.15) is 5.82 Å². The van der Waals surface area contributed by atoms with Crippen LogP contribution in [0.1, 0.15) is 25.3 Å². The lowest BCUT2D eigenvalue weighted by Crippen LogP contribution is -2.38. The fraction of sp³-hybridized carbons (Fsp3) is 0.375. The van der Waals surface area contributed by atoms with E-state index in [0.29, 0.717) is 12.6 Å². The number of hydrogen-bond acceptors (Lipinski definition) is 5. The largest absolute Gasteiger partial charge is 0.493 e. The van der Waals surface area contributed by atoms with Gasteiger partial charge in [0.2, 0.25) is 0 Å². The Bertz CT molecular complexity index is 952. The summed E-state index contributed by atoms with van der Waals surface area (Å²) in [4.78, 5) is 7.25. The number of likely N-dealkylation sites (tertiary alicyclic amines) is 1. The third-order valence-corrected chi connectivity index (χ3v) is 5.47. The molecule has 0 radical (unpaired) electrons. The molecule has 5 nitrogen and oxygen atoms in total. The third-order valence-electron chi connectivity index (χ3n) is 5.47. The molecular formula is C24H29N3O2.